The molecule has 3 rings (SSSR count). The Morgan fingerprint density at radius 3 is 2.36 bits per heavy atom. The molecule has 1 aliphatic carbocycles. The predicted molar refractivity (Wildman–Crippen MR) is 105 cm³/mol. The maximum atomic E-state index is 12.1. The molecule has 0 spiro atoms. The monoisotopic (exact) mass is 380 g/mol. The van der Waals surface area contributed by atoms with Crippen molar-refractivity contribution in [2.75, 3.05) is 12.3 Å². The molecule has 0 aromatic heterocycles. The van der Waals surface area contributed by atoms with Crippen molar-refractivity contribution >= 4 is 33.0 Å². The Labute approximate surface area is 155 Å². The Balaban J connectivity index is 1.57. The van der Waals surface area contributed by atoms with Gasteiger partial charge in [-0.25, -0.2) is 13.4 Å². The molecule has 0 atom stereocenters. The molecule has 0 N–H and O–H groups in total. The molecule has 0 bridgehead atoms. The molecule has 6 heteroatoms. The quantitative estimate of drug-likeness (QED) is 0.769. The summed E-state index contributed by atoms with van der Waals surface area (Å²) in [5.41, 5.74) is 2.14. The van der Waals surface area contributed by atoms with E-state index in [1.54, 1.807) is 13.8 Å². The van der Waals surface area contributed by atoms with E-state index in [-0.39, 0.29) is 5.25 Å². The summed E-state index contributed by atoms with van der Waals surface area (Å²) in [6.45, 7) is 4.20. The average molecular weight is 381 g/mol. The van der Waals surface area contributed by atoms with Gasteiger partial charge in [-0.05, 0) is 75.6 Å². The van der Waals surface area contributed by atoms with E-state index >= 15 is 0 Å². The fraction of sp³-hybridized carbons (Fsp3) is 0.579. The zero-order valence-corrected chi connectivity index (χ0v) is 16.4. The van der Waals surface area contributed by atoms with Gasteiger partial charge in [-0.3, -0.25) is 4.99 Å². The van der Waals surface area contributed by atoms with E-state index in [0.29, 0.717) is 29.2 Å². The highest BCUT2D eigenvalue weighted by molar-refractivity contribution is 7.91. The largest absolute Gasteiger partial charge is 0.260 e. The molecule has 0 saturated heterocycles. The normalized spacial score (nSPS) is 24.3. The molecule has 1 aromatic carbocycles. The first-order chi connectivity index (χ1) is 11.8. The number of hydrogen-bond acceptors (Lipinski definition) is 4. The van der Waals surface area contributed by atoms with E-state index in [1.807, 2.05) is 24.3 Å². The van der Waals surface area contributed by atoms with Crippen LogP contribution in [0.3, 0.4) is 0 Å². The van der Waals surface area contributed by atoms with Crippen LogP contribution in [0.5, 0.6) is 0 Å². The summed E-state index contributed by atoms with van der Waals surface area (Å²) in [5.74, 6) is 1.85. The minimum atomic E-state index is -2.95. The summed E-state index contributed by atoms with van der Waals surface area (Å²) in [6.07, 6.45) is 3.96. The molecule has 1 aromatic rings. The van der Waals surface area contributed by atoms with Gasteiger partial charge in [0.1, 0.15) is 0 Å². The van der Waals surface area contributed by atoms with Crippen molar-refractivity contribution in [3.63, 3.8) is 0 Å². The van der Waals surface area contributed by atoms with Gasteiger partial charge in [-0.2, -0.15) is 0 Å². The Morgan fingerprint density at radius 2 is 1.76 bits per heavy atom. The van der Waals surface area contributed by atoms with Gasteiger partial charge in [0.25, 0.3) is 0 Å². The van der Waals surface area contributed by atoms with Crippen molar-refractivity contribution in [2.24, 2.45) is 21.8 Å². The number of hydrogen-bond donors (Lipinski definition) is 0. The van der Waals surface area contributed by atoms with Crippen LogP contribution >= 0.6 is 11.6 Å². The number of amidine groups is 1. The molecule has 2 aliphatic rings. The van der Waals surface area contributed by atoms with Crippen molar-refractivity contribution < 1.29 is 8.42 Å². The molecular weight excluding hydrogens is 356 g/mol. The second-order valence-electron chi connectivity index (χ2n) is 7.35. The van der Waals surface area contributed by atoms with Gasteiger partial charge in [0.2, 0.25) is 0 Å². The topological polar surface area (TPSA) is 58.9 Å². The highest BCUT2D eigenvalue weighted by Crippen LogP contribution is 2.32. The lowest BCUT2D eigenvalue weighted by atomic mass is 9.80. The number of rotatable bonds is 5. The number of halogens is 1. The Hall–Kier alpha value is -1.20. The maximum Gasteiger partial charge on any atom is 0.154 e. The Bertz CT molecular complexity index is 774. The zero-order chi connectivity index (χ0) is 18.0. The molecule has 1 fully saturated rings. The maximum absolute atomic E-state index is 12.1. The van der Waals surface area contributed by atoms with Crippen molar-refractivity contribution in [1.82, 2.24) is 0 Å². The van der Waals surface area contributed by atoms with Crippen LogP contribution in [0.1, 0.15) is 45.1 Å². The Morgan fingerprint density at radius 1 is 1.12 bits per heavy atom. The molecule has 136 valence electrons. The molecule has 4 nitrogen and oxygen atoms in total. The molecule has 0 radical (unpaired) electrons. The smallest absolute Gasteiger partial charge is 0.154 e. The van der Waals surface area contributed by atoms with Gasteiger partial charge >= 0.3 is 0 Å². The van der Waals surface area contributed by atoms with E-state index < -0.39 is 9.84 Å². The van der Waals surface area contributed by atoms with Crippen molar-refractivity contribution in [3.8, 4) is 0 Å². The molecule has 0 unspecified atom stereocenters. The minimum Gasteiger partial charge on any atom is -0.260 e. The van der Waals surface area contributed by atoms with Crippen LogP contribution in [-0.2, 0) is 9.84 Å². The highest BCUT2D eigenvalue weighted by atomic mass is 35.5. The van der Waals surface area contributed by atoms with Crippen molar-refractivity contribution in [3.05, 3.63) is 34.9 Å². The van der Waals surface area contributed by atoms with Gasteiger partial charge in [0, 0.05) is 16.3 Å². The number of aliphatic imine (C=N–C) groups is 2. The first kappa shape index (κ1) is 18.6. The Kier molecular flexibility index (Phi) is 5.64. The van der Waals surface area contributed by atoms with Crippen LogP contribution in [0.4, 0.5) is 0 Å². The number of sulfone groups is 1. The zero-order valence-electron chi connectivity index (χ0n) is 14.8. The summed E-state index contributed by atoms with van der Waals surface area (Å²) in [6, 6.07) is 7.60. The van der Waals surface area contributed by atoms with Crippen LogP contribution in [0, 0.1) is 11.8 Å². The molecule has 1 saturated carbocycles. The summed E-state index contributed by atoms with van der Waals surface area (Å²) < 4.78 is 24.2. The fourth-order valence-corrected chi connectivity index (χ4v) is 5.02. The van der Waals surface area contributed by atoms with E-state index in [4.69, 9.17) is 16.6 Å². The number of benzene rings is 1. The van der Waals surface area contributed by atoms with E-state index in [9.17, 15) is 8.42 Å². The standard InChI is InChI=1S/C19H25ClN2O2S/c1-13(2)25(23,24)12-14-3-5-15(6-4-14)18-11-21-19(22-18)16-7-9-17(20)10-8-16/h7-10,13-15H,3-6,11-12H2,1-2H3. The fourth-order valence-electron chi connectivity index (χ4n) is 3.52. The molecule has 25 heavy (non-hydrogen) atoms. The lowest BCUT2D eigenvalue weighted by Crippen LogP contribution is -2.29. The second kappa shape index (κ2) is 7.58. The number of nitrogens with zero attached hydrogens (tertiary/aromatic N) is 2. The third kappa shape index (κ3) is 4.50. The van der Waals surface area contributed by atoms with Crippen molar-refractivity contribution in [2.45, 2.75) is 44.8 Å². The van der Waals surface area contributed by atoms with Gasteiger partial charge in [-0.15, -0.1) is 0 Å². The van der Waals surface area contributed by atoms with Crippen LogP contribution in [0.15, 0.2) is 34.3 Å². The lowest BCUT2D eigenvalue weighted by Gasteiger charge is -2.28. The highest BCUT2D eigenvalue weighted by Gasteiger charge is 2.30. The second-order valence-corrected chi connectivity index (χ2v) is 10.4. The molecule has 0 amide bonds. The van der Waals surface area contributed by atoms with Gasteiger partial charge in [-0.1, -0.05) is 11.6 Å². The van der Waals surface area contributed by atoms with Gasteiger partial charge < -0.3 is 0 Å². The predicted octanol–water partition coefficient (Wildman–Crippen LogP) is 4.17. The molecule has 1 aliphatic heterocycles. The van der Waals surface area contributed by atoms with Gasteiger partial charge in [0.05, 0.1) is 17.5 Å². The van der Waals surface area contributed by atoms with Crippen LogP contribution in [0.25, 0.3) is 0 Å². The first-order valence-corrected chi connectivity index (χ1v) is 11.0. The van der Waals surface area contributed by atoms with E-state index in [0.717, 1.165) is 42.8 Å². The first-order valence-electron chi connectivity index (χ1n) is 8.94. The van der Waals surface area contributed by atoms with Crippen LogP contribution < -0.4 is 0 Å². The van der Waals surface area contributed by atoms with Gasteiger partial charge in [0.15, 0.2) is 15.7 Å². The summed E-state index contributed by atoms with van der Waals surface area (Å²) in [5, 5.41) is 0.431. The summed E-state index contributed by atoms with van der Waals surface area (Å²) in [4.78, 5) is 9.31. The lowest BCUT2D eigenvalue weighted by molar-refractivity contribution is 0.343. The summed E-state index contributed by atoms with van der Waals surface area (Å²) in [7, 11) is -2.95. The van der Waals surface area contributed by atoms with Crippen LogP contribution in [-0.4, -0.2) is 37.5 Å². The summed E-state index contributed by atoms with van der Waals surface area (Å²) >= 11 is 5.93. The van der Waals surface area contributed by atoms with Crippen molar-refractivity contribution in [1.29, 1.82) is 0 Å². The SMILES string of the molecule is CC(C)S(=O)(=O)CC1CCC(C2=NC(c3ccc(Cl)cc3)=NC2)CC1. The molecule has 1 heterocycles. The minimum absolute atomic E-state index is 0.278. The third-order valence-electron chi connectivity index (χ3n) is 5.25. The van der Waals surface area contributed by atoms with E-state index in [2.05, 4.69) is 4.99 Å². The molecular formula is C19H25ClN2O2S. The third-order valence-corrected chi connectivity index (χ3v) is 7.87. The van der Waals surface area contributed by atoms with Crippen LogP contribution in [0.2, 0.25) is 5.02 Å². The van der Waals surface area contributed by atoms with E-state index in [1.165, 1.54) is 0 Å². The average Bonchev–Trinajstić information content (AvgIpc) is 3.06.